The monoisotopic (exact) mass is 421 g/mol. The Labute approximate surface area is 169 Å². The van der Waals surface area contributed by atoms with Crippen LogP contribution in [-0.2, 0) is 27.2 Å². The van der Waals surface area contributed by atoms with Crippen LogP contribution in [0.25, 0.3) is 0 Å². The van der Waals surface area contributed by atoms with E-state index in [1.54, 1.807) is 6.07 Å². The van der Waals surface area contributed by atoms with Crippen LogP contribution in [0.2, 0.25) is 0 Å². The number of carbonyl (C=O) groups excluding carboxylic acids is 4. The molecule has 0 bridgehead atoms. The van der Waals surface area contributed by atoms with Gasteiger partial charge >= 0.3 is 5.97 Å². The Balaban J connectivity index is 1.47. The number of rotatable bonds is 7. The number of anilines is 1. The summed E-state index contributed by atoms with van der Waals surface area (Å²) in [5, 5.41) is 5.42. The average molecular weight is 422 g/mol. The molecule has 8 nitrogen and oxygen atoms in total. The molecule has 0 saturated carbocycles. The largest absolute Gasteiger partial charge is 0.454 e. The van der Waals surface area contributed by atoms with E-state index in [9.17, 15) is 19.2 Å². The summed E-state index contributed by atoms with van der Waals surface area (Å²) in [6, 6.07) is 3.48. The van der Waals surface area contributed by atoms with Gasteiger partial charge in [0.25, 0.3) is 17.7 Å². The molecule has 0 unspecified atom stereocenters. The van der Waals surface area contributed by atoms with Gasteiger partial charge in [-0.3, -0.25) is 19.2 Å². The van der Waals surface area contributed by atoms with Gasteiger partial charge in [-0.15, -0.1) is 22.7 Å². The first-order chi connectivity index (χ1) is 13.3. The van der Waals surface area contributed by atoms with Crippen molar-refractivity contribution in [2.24, 2.45) is 5.73 Å². The highest BCUT2D eigenvalue weighted by Crippen LogP contribution is 2.38. The Morgan fingerprint density at radius 3 is 2.64 bits per heavy atom. The molecular formula is C18H19N3O5S2. The molecule has 2 heterocycles. The van der Waals surface area contributed by atoms with Crippen molar-refractivity contribution in [1.82, 2.24) is 5.32 Å². The van der Waals surface area contributed by atoms with Gasteiger partial charge in [0.2, 0.25) is 0 Å². The third-order valence-electron chi connectivity index (χ3n) is 4.14. The Morgan fingerprint density at radius 1 is 1.18 bits per heavy atom. The Kier molecular flexibility index (Phi) is 6.10. The number of hydrogen-bond donors (Lipinski definition) is 3. The van der Waals surface area contributed by atoms with Crippen molar-refractivity contribution < 1.29 is 23.9 Å². The second-order valence-corrected chi connectivity index (χ2v) is 8.62. The molecule has 0 saturated heterocycles. The molecule has 148 valence electrons. The Bertz CT molecular complexity index is 947. The van der Waals surface area contributed by atoms with Gasteiger partial charge in [0, 0.05) is 9.75 Å². The lowest BCUT2D eigenvalue weighted by Gasteiger charge is -2.07. The molecule has 0 atom stereocenters. The number of amides is 3. The molecule has 28 heavy (non-hydrogen) atoms. The van der Waals surface area contributed by atoms with E-state index in [2.05, 4.69) is 10.6 Å². The SMILES string of the molecule is Cc1ccc(C(=O)NCC(=O)OCC(=O)Nc2sc3c(c2C(N)=O)CCC3)s1. The minimum atomic E-state index is -0.736. The molecule has 1 aliphatic carbocycles. The summed E-state index contributed by atoms with van der Waals surface area (Å²) in [5.74, 6) is -2.27. The standard InChI is InChI=1S/C18H19N3O5S2/c1-9-5-6-12(27-9)17(25)20-7-14(23)26-8-13(22)21-18-15(16(19)24)10-3-2-4-11(10)28-18/h5-6H,2-4,7-8H2,1H3,(H2,19,24)(H,20,25)(H,21,22). The second-order valence-electron chi connectivity index (χ2n) is 6.23. The van der Waals surface area contributed by atoms with Gasteiger partial charge in [0.15, 0.2) is 6.61 Å². The minimum Gasteiger partial charge on any atom is -0.454 e. The van der Waals surface area contributed by atoms with E-state index in [1.807, 2.05) is 13.0 Å². The van der Waals surface area contributed by atoms with E-state index in [0.717, 1.165) is 34.6 Å². The molecule has 3 amide bonds. The molecule has 2 aromatic heterocycles. The maximum absolute atomic E-state index is 12.1. The van der Waals surface area contributed by atoms with Crippen molar-refractivity contribution in [2.45, 2.75) is 26.2 Å². The number of nitrogens with two attached hydrogens (primary N) is 1. The van der Waals surface area contributed by atoms with Gasteiger partial charge in [-0.05, 0) is 43.9 Å². The summed E-state index contributed by atoms with van der Waals surface area (Å²) < 4.78 is 4.87. The van der Waals surface area contributed by atoms with Gasteiger partial charge in [-0.2, -0.15) is 0 Å². The maximum Gasteiger partial charge on any atom is 0.325 e. The van der Waals surface area contributed by atoms with Crippen LogP contribution in [0.3, 0.4) is 0 Å². The fraction of sp³-hybridized carbons (Fsp3) is 0.333. The van der Waals surface area contributed by atoms with Crippen molar-refractivity contribution in [3.05, 3.63) is 37.9 Å². The number of aryl methyl sites for hydroxylation is 2. The van der Waals surface area contributed by atoms with Gasteiger partial charge < -0.3 is 21.1 Å². The first kappa shape index (κ1) is 20.0. The van der Waals surface area contributed by atoms with Gasteiger partial charge in [-0.1, -0.05) is 0 Å². The molecule has 0 spiro atoms. The predicted octanol–water partition coefficient (Wildman–Crippen LogP) is 1.62. The lowest BCUT2D eigenvalue weighted by molar-refractivity contribution is -0.146. The van der Waals surface area contributed by atoms with Crippen molar-refractivity contribution in [1.29, 1.82) is 0 Å². The first-order valence-electron chi connectivity index (χ1n) is 8.59. The number of thiophene rings is 2. The van der Waals surface area contributed by atoms with Crippen molar-refractivity contribution in [2.75, 3.05) is 18.5 Å². The third kappa shape index (κ3) is 4.57. The number of ether oxygens (including phenoxy) is 1. The van der Waals surface area contributed by atoms with Crippen LogP contribution in [0, 0.1) is 6.92 Å². The van der Waals surface area contributed by atoms with E-state index in [-0.39, 0.29) is 12.5 Å². The summed E-state index contributed by atoms with van der Waals surface area (Å²) in [6.07, 6.45) is 2.58. The van der Waals surface area contributed by atoms with Crippen LogP contribution in [-0.4, -0.2) is 36.8 Å². The Hall–Kier alpha value is -2.72. The molecule has 0 fully saturated rings. The van der Waals surface area contributed by atoms with Crippen LogP contribution in [0.1, 0.15) is 41.8 Å². The zero-order valence-corrected chi connectivity index (χ0v) is 16.8. The summed E-state index contributed by atoms with van der Waals surface area (Å²) in [7, 11) is 0. The molecular weight excluding hydrogens is 402 g/mol. The van der Waals surface area contributed by atoms with Crippen LogP contribution in [0.4, 0.5) is 5.00 Å². The predicted molar refractivity (Wildman–Crippen MR) is 106 cm³/mol. The molecule has 0 radical (unpaired) electrons. The fourth-order valence-electron chi connectivity index (χ4n) is 2.91. The van der Waals surface area contributed by atoms with Crippen LogP contribution < -0.4 is 16.4 Å². The summed E-state index contributed by atoms with van der Waals surface area (Å²) in [6.45, 7) is 1.01. The third-order valence-corrected chi connectivity index (χ3v) is 6.35. The van der Waals surface area contributed by atoms with E-state index in [4.69, 9.17) is 10.5 Å². The molecule has 0 aliphatic heterocycles. The molecule has 1 aliphatic rings. The number of fused-ring (bicyclic) bond motifs is 1. The number of primary amides is 1. The van der Waals surface area contributed by atoms with Crippen LogP contribution >= 0.6 is 22.7 Å². The van der Waals surface area contributed by atoms with Crippen molar-refractivity contribution >= 4 is 51.4 Å². The zero-order valence-electron chi connectivity index (χ0n) is 15.1. The summed E-state index contributed by atoms with van der Waals surface area (Å²) in [4.78, 5) is 49.9. The molecule has 4 N–H and O–H groups in total. The highest BCUT2D eigenvalue weighted by molar-refractivity contribution is 7.17. The van der Waals surface area contributed by atoms with E-state index < -0.39 is 24.4 Å². The number of esters is 1. The van der Waals surface area contributed by atoms with E-state index in [0.29, 0.717) is 15.4 Å². The minimum absolute atomic E-state index is 0.343. The number of hydrogen-bond acceptors (Lipinski definition) is 7. The maximum atomic E-state index is 12.1. The summed E-state index contributed by atoms with van der Waals surface area (Å²) in [5.41, 5.74) is 6.68. The van der Waals surface area contributed by atoms with Gasteiger partial charge in [0.05, 0.1) is 10.4 Å². The quantitative estimate of drug-likeness (QED) is 0.585. The molecule has 2 aromatic rings. The smallest absolute Gasteiger partial charge is 0.325 e. The van der Waals surface area contributed by atoms with E-state index >= 15 is 0 Å². The second kappa shape index (κ2) is 8.53. The van der Waals surface area contributed by atoms with Crippen molar-refractivity contribution in [3.63, 3.8) is 0 Å². The van der Waals surface area contributed by atoms with Crippen LogP contribution in [0.15, 0.2) is 12.1 Å². The van der Waals surface area contributed by atoms with Crippen LogP contribution in [0.5, 0.6) is 0 Å². The molecule has 3 rings (SSSR count). The average Bonchev–Trinajstić information content (AvgIpc) is 3.33. The highest BCUT2D eigenvalue weighted by Gasteiger charge is 2.26. The van der Waals surface area contributed by atoms with Gasteiger partial charge in [0.1, 0.15) is 11.5 Å². The highest BCUT2D eigenvalue weighted by atomic mass is 32.1. The zero-order chi connectivity index (χ0) is 20.3. The van der Waals surface area contributed by atoms with Gasteiger partial charge in [-0.25, -0.2) is 0 Å². The Morgan fingerprint density at radius 2 is 1.96 bits per heavy atom. The lowest BCUT2D eigenvalue weighted by atomic mass is 10.1. The number of nitrogens with one attached hydrogen (secondary N) is 2. The molecule has 10 heteroatoms. The van der Waals surface area contributed by atoms with E-state index in [1.165, 1.54) is 22.7 Å². The topological polar surface area (TPSA) is 128 Å². The van der Waals surface area contributed by atoms with Crippen molar-refractivity contribution in [3.8, 4) is 0 Å². The lowest BCUT2D eigenvalue weighted by Crippen LogP contribution is -2.32. The fourth-order valence-corrected chi connectivity index (χ4v) is 5.00. The summed E-state index contributed by atoms with van der Waals surface area (Å²) >= 11 is 2.64. The molecule has 0 aromatic carbocycles. The first-order valence-corrected chi connectivity index (χ1v) is 10.2. The number of carbonyl (C=O) groups is 4. The normalized spacial score (nSPS) is 12.3.